The third kappa shape index (κ3) is 4.57. The van der Waals surface area contributed by atoms with Crippen molar-refractivity contribution in [3.8, 4) is 0 Å². The summed E-state index contributed by atoms with van der Waals surface area (Å²) in [5.74, 6) is 0.0828. The maximum atomic E-state index is 11.9. The number of methoxy groups -OCH3 is 1. The molecule has 0 aromatic heterocycles. The minimum absolute atomic E-state index is 0.129. The van der Waals surface area contributed by atoms with Crippen molar-refractivity contribution in [2.75, 3.05) is 7.11 Å². The lowest BCUT2D eigenvalue weighted by atomic mass is 9.91. The first-order valence-electron chi connectivity index (χ1n) is 8.62. The first-order chi connectivity index (χ1) is 11.4. The number of ether oxygens (including phenoxy) is 1. The van der Waals surface area contributed by atoms with Crippen LogP contribution >= 0.6 is 0 Å². The van der Waals surface area contributed by atoms with E-state index in [2.05, 4.69) is 62.5 Å². The smallest absolute Gasteiger partial charge is 0.306 e. The molecule has 128 valence electrons. The van der Waals surface area contributed by atoms with Gasteiger partial charge >= 0.3 is 5.97 Å². The molecule has 3 heteroatoms. The van der Waals surface area contributed by atoms with Gasteiger partial charge in [0.2, 0.25) is 0 Å². The summed E-state index contributed by atoms with van der Waals surface area (Å²) in [6.07, 6.45) is 1.46. The predicted octanol–water partition coefficient (Wildman–Crippen LogP) is 4.73. The van der Waals surface area contributed by atoms with Crippen LogP contribution in [0.3, 0.4) is 0 Å². The molecule has 0 bridgehead atoms. The highest BCUT2D eigenvalue weighted by molar-refractivity contribution is 6.90. The van der Waals surface area contributed by atoms with Crippen LogP contribution < -0.4 is 5.19 Å². The van der Waals surface area contributed by atoms with E-state index in [0.717, 1.165) is 6.42 Å². The highest BCUT2D eigenvalue weighted by Crippen LogP contribution is 2.35. The van der Waals surface area contributed by atoms with Crippen molar-refractivity contribution < 1.29 is 9.53 Å². The van der Waals surface area contributed by atoms with E-state index in [1.54, 1.807) is 0 Å². The average molecular weight is 341 g/mol. The summed E-state index contributed by atoms with van der Waals surface area (Å²) in [5.41, 5.74) is 1.79. The van der Waals surface area contributed by atoms with Gasteiger partial charge in [-0.2, -0.15) is 0 Å². The fourth-order valence-electron chi connectivity index (χ4n) is 3.22. The predicted molar refractivity (Wildman–Crippen MR) is 103 cm³/mol. The Kier molecular flexibility index (Phi) is 6.38. The molecular weight excluding hydrogens is 312 g/mol. The standard InChI is InChI=1S/C21H28O2Si/c1-17(24(3,4)20-13-9-6-10-14-20)15-19(16-21(22)23-2)18-11-7-5-8-12-18/h5-14,17,19H,15-16H2,1-4H3/t17-,19+/m0/s1. The zero-order valence-corrected chi connectivity index (χ0v) is 16.2. The van der Waals surface area contributed by atoms with Gasteiger partial charge in [-0.05, 0) is 23.4 Å². The summed E-state index contributed by atoms with van der Waals surface area (Å²) in [6, 6.07) is 21.2. The second-order valence-electron chi connectivity index (χ2n) is 7.11. The molecule has 2 aromatic rings. The van der Waals surface area contributed by atoms with Crippen LogP contribution in [0.5, 0.6) is 0 Å². The fraction of sp³-hybridized carbons (Fsp3) is 0.381. The molecule has 0 spiro atoms. The van der Waals surface area contributed by atoms with E-state index in [-0.39, 0.29) is 11.9 Å². The van der Waals surface area contributed by atoms with Gasteiger partial charge in [0.05, 0.1) is 21.6 Å². The van der Waals surface area contributed by atoms with Crippen molar-refractivity contribution in [1.29, 1.82) is 0 Å². The maximum Gasteiger partial charge on any atom is 0.306 e. The topological polar surface area (TPSA) is 26.3 Å². The Morgan fingerprint density at radius 1 is 1.00 bits per heavy atom. The van der Waals surface area contributed by atoms with E-state index < -0.39 is 8.07 Å². The Bertz CT molecular complexity index is 637. The normalized spacial score (nSPS) is 14.0. The van der Waals surface area contributed by atoms with Gasteiger partial charge in [-0.1, -0.05) is 85.9 Å². The summed E-state index contributed by atoms with van der Waals surface area (Å²) in [7, 11) is -0.123. The van der Waals surface area contributed by atoms with Gasteiger partial charge < -0.3 is 4.74 Å². The van der Waals surface area contributed by atoms with E-state index in [4.69, 9.17) is 4.74 Å². The second kappa shape index (κ2) is 8.29. The van der Waals surface area contributed by atoms with Crippen molar-refractivity contribution in [2.24, 2.45) is 0 Å². The molecule has 2 nitrogen and oxygen atoms in total. The zero-order valence-electron chi connectivity index (χ0n) is 15.2. The van der Waals surface area contributed by atoms with E-state index in [1.807, 2.05) is 18.2 Å². The van der Waals surface area contributed by atoms with Crippen LogP contribution in [0.25, 0.3) is 0 Å². The van der Waals surface area contributed by atoms with Gasteiger partial charge in [0.15, 0.2) is 0 Å². The summed E-state index contributed by atoms with van der Waals surface area (Å²) in [5, 5.41) is 1.47. The Labute approximate surface area is 146 Å². The van der Waals surface area contributed by atoms with Gasteiger partial charge in [-0.15, -0.1) is 0 Å². The zero-order chi connectivity index (χ0) is 17.6. The molecule has 0 aliphatic rings. The Morgan fingerprint density at radius 2 is 1.54 bits per heavy atom. The van der Waals surface area contributed by atoms with Crippen LogP contribution in [0.4, 0.5) is 0 Å². The Hall–Kier alpha value is -1.87. The molecule has 0 unspecified atom stereocenters. The second-order valence-corrected chi connectivity index (χ2v) is 12.1. The van der Waals surface area contributed by atoms with Crippen molar-refractivity contribution >= 4 is 19.2 Å². The molecule has 0 N–H and O–H groups in total. The molecule has 2 atom stereocenters. The monoisotopic (exact) mass is 340 g/mol. The van der Waals surface area contributed by atoms with E-state index in [9.17, 15) is 4.79 Å². The van der Waals surface area contributed by atoms with E-state index >= 15 is 0 Å². The Balaban J connectivity index is 2.20. The number of esters is 1. The number of benzene rings is 2. The van der Waals surface area contributed by atoms with Crippen molar-refractivity contribution in [1.82, 2.24) is 0 Å². The molecule has 0 amide bonds. The summed E-state index contributed by atoms with van der Waals surface area (Å²) in [4.78, 5) is 11.9. The molecule has 0 fully saturated rings. The largest absolute Gasteiger partial charge is 0.469 e. The van der Waals surface area contributed by atoms with Gasteiger partial charge in [0.25, 0.3) is 0 Å². The number of hydrogen-bond acceptors (Lipinski definition) is 2. The number of carbonyl (C=O) groups excluding carboxylic acids is 1. The van der Waals surface area contributed by atoms with Gasteiger partial charge in [0.1, 0.15) is 0 Å². The van der Waals surface area contributed by atoms with E-state index in [0.29, 0.717) is 12.0 Å². The van der Waals surface area contributed by atoms with Gasteiger partial charge in [-0.25, -0.2) is 0 Å². The van der Waals surface area contributed by atoms with Crippen LogP contribution in [0.15, 0.2) is 60.7 Å². The van der Waals surface area contributed by atoms with Crippen LogP contribution in [0.1, 0.15) is 31.2 Å². The van der Waals surface area contributed by atoms with Crippen LogP contribution in [-0.2, 0) is 9.53 Å². The molecule has 0 aliphatic carbocycles. The van der Waals surface area contributed by atoms with Crippen LogP contribution in [0, 0.1) is 0 Å². The molecule has 2 rings (SSSR count). The molecule has 0 saturated heterocycles. The average Bonchev–Trinajstić information content (AvgIpc) is 2.62. The fourth-order valence-corrected chi connectivity index (χ4v) is 5.71. The van der Waals surface area contributed by atoms with E-state index in [1.165, 1.54) is 17.9 Å². The molecule has 0 heterocycles. The lowest BCUT2D eigenvalue weighted by molar-refractivity contribution is -0.141. The molecule has 0 saturated carbocycles. The Morgan fingerprint density at radius 3 is 2.08 bits per heavy atom. The summed E-state index contributed by atoms with van der Waals surface area (Å²) in [6.45, 7) is 7.19. The van der Waals surface area contributed by atoms with Crippen LogP contribution in [-0.4, -0.2) is 21.2 Å². The lowest BCUT2D eigenvalue weighted by Gasteiger charge is -2.33. The summed E-state index contributed by atoms with van der Waals surface area (Å²) >= 11 is 0. The van der Waals surface area contributed by atoms with Gasteiger partial charge in [0, 0.05) is 0 Å². The minimum atomic E-state index is -1.59. The first kappa shape index (κ1) is 18.5. The SMILES string of the molecule is COC(=O)C[C@@H](C[C@H](C)[Si](C)(C)c1ccccc1)c1ccccc1. The first-order valence-corrected chi connectivity index (χ1v) is 11.7. The van der Waals surface area contributed by atoms with Crippen molar-refractivity contribution in [2.45, 2.75) is 44.3 Å². The molecule has 2 aromatic carbocycles. The highest BCUT2D eigenvalue weighted by Gasteiger charge is 2.32. The lowest BCUT2D eigenvalue weighted by Crippen LogP contribution is -2.45. The number of hydrogen-bond donors (Lipinski definition) is 0. The number of carbonyl (C=O) groups is 1. The third-order valence-electron chi connectivity index (χ3n) is 5.30. The summed E-state index contributed by atoms with van der Waals surface area (Å²) < 4.78 is 4.93. The minimum Gasteiger partial charge on any atom is -0.469 e. The third-order valence-corrected chi connectivity index (χ3v) is 9.82. The molecule has 0 radical (unpaired) electrons. The van der Waals surface area contributed by atoms with Crippen molar-refractivity contribution in [3.05, 3.63) is 66.2 Å². The quantitative estimate of drug-likeness (QED) is 0.538. The molecule has 24 heavy (non-hydrogen) atoms. The number of rotatable bonds is 7. The molecule has 0 aliphatic heterocycles. The van der Waals surface area contributed by atoms with Crippen molar-refractivity contribution in [3.63, 3.8) is 0 Å². The maximum absolute atomic E-state index is 11.9. The van der Waals surface area contributed by atoms with Gasteiger partial charge in [-0.3, -0.25) is 4.79 Å². The molecular formula is C21H28O2Si. The van der Waals surface area contributed by atoms with Crippen LogP contribution in [0.2, 0.25) is 18.6 Å². The highest BCUT2D eigenvalue weighted by atomic mass is 28.3.